The van der Waals surface area contributed by atoms with Gasteiger partial charge in [0.05, 0.1) is 16.7 Å². The third-order valence-electron chi connectivity index (χ3n) is 1.78. The second-order valence-corrected chi connectivity index (χ2v) is 7.07. The Morgan fingerprint density at radius 3 is 1.88 bits per heavy atom. The molecule has 24 heavy (non-hydrogen) atoms. The minimum atomic E-state index is -1.58. The zero-order valence-electron chi connectivity index (χ0n) is 14.3. The molecule has 0 atom stereocenters. The van der Waals surface area contributed by atoms with E-state index < -0.39 is 12.9 Å². The monoisotopic (exact) mass is 454 g/mol. The van der Waals surface area contributed by atoms with Crippen molar-refractivity contribution < 1.29 is 27.5 Å². The Bertz CT molecular complexity index is 801. The molecule has 0 aliphatic carbocycles. The van der Waals surface area contributed by atoms with Crippen molar-refractivity contribution in [3.8, 4) is 0 Å². The minimum absolute atomic E-state index is 0.194. The largest absolute Gasteiger partial charge is 0.483 e. The lowest BCUT2D eigenvalue weighted by Crippen LogP contribution is -2.09. The van der Waals surface area contributed by atoms with Crippen LogP contribution in [-0.4, -0.2) is 38.0 Å². The van der Waals surface area contributed by atoms with E-state index in [0.29, 0.717) is 7.91 Å². The Kier molecular flexibility index (Phi) is 13.6. The van der Waals surface area contributed by atoms with Gasteiger partial charge in [-0.15, -0.1) is 45.9 Å². The summed E-state index contributed by atoms with van der Waals surface area (Å²) in [5.41, 5.74) is 1.51. The van der Waals surface area contributed by atoms with Crippen molar-refractivity contribution in [3.63, 3.8) is 0 Å². The Morgan fingerprint density at radius 1 is 1.25 bits per heavy atom. The Morgan fingerprint density at radius 2 is 1.67 bits per heavy atom. The van der Waals surface area contributed by atoms with E-state index in [0.717, 1.165) is 20.8 Å². The van der Waals surface area contributed by atoms with E-state index in [2.05, 4.69) is 4.84 Å². The SMILES string of the molecule is Cc1csc(=S)n1O.ClCCl.[2H]C(=O)O.[2H]C(=O)On1c(C)csc1=S. The van der Waals surface area contributed by atoms with Crippen LogP contribution in [-0.2, 0) is 9.59 Å². The standard InChI is InChI=1S/C5H5NO2S2.C4H5NOS2.CH2Cl2.CH2O2/c1-4-2-10-5(9)6(4)8-3-7;1-3-2-8-4(7)5(3)6;2*2-1-3/h2-3H,1H3;2,6H,1H3;1H2;1H,(H,2,3)/i3D;;;1D. The summed E-state index contributed by atoms with van der Waals surface area (Å²) in [6, 6.07) is 0. The second-order valence-electron chi connectivity index (χ2n) is 3.26. The molecule has 0 aromatic carbocycles. The summed E-state index contributed by atoms with van der Waals surface area (Å²) in [5.74, 6) is 0. The normalized spacial score (nSPS) is 9.50. The zero-order chi connectivity index (χ0) is 20.9. The molecule has 0 saturated carbocycles. The quantitative estimate of drug-likeness (QED) is 0.289. The van der Waals surface area contributed by atoms with E-state index in [1.54, 1.807) is 19.2 Å². The maximum atomic E-state index is 10.2. The van der Waals surface area contributed by atoms with E-state index in [4.69, 9.17) is 65.5 Å². The lowest BCUT2D eigenvalue weighted by molar-refractivity contribution is -0.129. The molecule has 2 rings (SSSR count). The van der Waals surface area contributed by atoms with Crippen molar-refractivity contribution in [1.29, 1.82) is 0 Å². The first-order chi connectivity index (χ1) is 12.0. The summed E-state index contributed by atoms with van der Waals surface area (Å²) in [6.07, 6.45) is -2.69. The molecular weight excluding hydrogens is 439 g/mol. The van der Waals surface area contributed by atoms with Gasteiger partial charge in [0.1, 0.15) is 0 Å². The summed E-state index contributed by atoms with van der Waals surface area (Å²) in [6.45, 7) is 3.54. The van der Waals surface area contributed by atoms with Crippen molar-refractivity contribution in [2.75, 3.05) is 5.34 Å². The first kappa shape index (κ1) is 21.1. The highest BCUT2D eigenvalue weighted by Crippen LogP contribution is 2.06. The molecule has 0 bridgehead atoms. The van der Waals surface area contributed by atoms with Gasteiger partial charge in [0.25, 0.3) is 6.45 Å². The topological polar surface area (TPSA) is 93.7 Å². The maximum absolute atomic E-state index is 10.2. The highest BCUT2D eigenvalue weighted by molar-refractivity contribution is 7.73. The fourth-order valence-corrected chi connectivity index (χ4v) is 2.77. The first-order valence-corrected chi connectivity index (χ1v) is 9.16. The number of aromatic nitrogens is 2. The van der Waals surface area contributed by atoms with Crippen molar-refractivity contribution in [2.45, 2.75) is 13.8 Å². The minimum Gasteiger partial charge on any atom is -0.483 e. The Balaban J connectivity index is 0. The van der Waals surface area contributed by atoms with Crippen LogP contribution in [0.5, 0.6) is 0 Å². The number of nitrogens with zero attached hydrogens (tertiary/aromatic N) is 2. The number of thiazole rings is 2. The predicted octanol–water partition coefficient (Wildman–Crippen LogP) is 4.12. The average Bonchev–Trinajstić information content (AvgIpc) is 2.98. The molecule has 13 heteroatoms. The van der Waals surface area contributed by atoms with Crippen LogP contribution in [0.2, 0.25) is 0 Å². The van der Waals surface area contributed by atoms with Crippen LogP contribution in [0.1, 0.15) is 14.1 Å². The zero-order valence-corrected chi connectivity index (χ0v) is 17.0. The molecule has 0 saturated heterocycles. The maximum Gasteiger partial charge on any atom is 0.321 e. The van der Waals surface area contributed by atoms with Crippen LogP contribution in [0.25, 0.3) is 0 Å². The van der Waals surface area contributed by atoms with Crippen LogP contribution < -0.4 is 4.84 Å². The fraction of sp³-hybridized carbons (Fsp3) is 0.273. The molecule has 0 amide bonds. The first-order valence-electron chi connectivity index (χ1n) is 6.51. The third kappa shape index (κ3) is 10.7. The fourth-order valence-electron chi connectivity index (χ4n) is 0.901. The summed E-state index contributed by atoms with van der Waals surface area (Å²) in [4.78, 5) is 23.3. The molecule has 0 spiro atoms. The molecule has 136 valence electrons. The van der Waals surface area contributed by atoms with Crippen molar-refractivity contribution in [1.82, 2.24) is 9.46 Å². The lowest BCUT2D eigenvalue weighted by atomic mass is 10.6. The van der Waals surface area contributed by atoms with Gasteiger partial charge in [0.15, 0.2) is 10.7 Å². The molecule has 2 heterocycles. The van der Waals surface area contributed by atoms with Gasteiger partial charge in [-0.05, 0) is 38.3 Å². The van der Waals surface area contributed by atoms with Crippen LogP contribution in [0.3, 0.4) is 0 Å². The van der Waals surface area contributed by atoms with Gasteiger partial charge >= 0.3 is 6.45 Å². The molecule has 2 aromatic rings. The average molecular weight is 455 g/mol. The van der Waals surface area contributed by atoms with Gasteiger partial charge in [-0.1, -0.05) is 0 Å². The van der Waals surface area contributed by atoms with E-state index >= 15 is 0 Å². The predicted molar refractivity (Wildman–Crippen MR) is 101 cm³/mol. The molecule has 0 radical (unpaired) electrons. The van der Waals surface area contributed by atoms with Crippen LogP contribution in [0, 0.1) is 21.8 Å². The molecule has 0 unspecified atom stereocenters. The highest BCUT2D eigenvalue weighted by Gasteiger charge is 1.97. The van der Waals surface area contributed by atoms with Crippen LogP contribution >= 0.6 is 70.3 Å². The van der Waals surface area contributed by atoms with Crippen molar-refractivity contribution >= 4 is 83.2 Å². The summed E-state index contributed by atoms with van der Waals surface area (Å²) in [7, 11) is 0. The Hall–Kier alpha value is -0.980. The van der Waals surface area contributed by atoms with E-state index in [-0.39, 0.29) is 5.34 Å². The molecule has 0 fully saturated rings. The number of halogens is 2. The van der Waals surface area contributed by atoms with Gasteiger partial charge in [-0.3, -0.25) is 9.59 Å². The van der Waals surface area contributed by atoms with Gasteiger partial charge < -0.3 is 15.2 Å². The number of hydrogen-bond donors (Lipinski definition) is 2. The number of carbonyl (C=O) groups is 2. The number of alkyl halides is 2. The summed E-state index contributed by atoms with van der Waals surface area (Å²) < 4.78 is 15.1. The van der Waals surface area contributed by atoms with E-state index in [1.807, 2.05) is 5.38 Å². The smallest absolute Gasteiger partial charge is 0.321 e. The molecular formula is C11H14Cl2N2O5S4. The second kappa shape index (κ2) is 15.5. The lowest BCUT2D eigenvalue weighted by Gasteiger charge is -1.97. The van der Waals surface area contributed by atoms with Gasteiger partial charge in [0.2, 0.25) is 0 Å². The number of carbonyl (C=O) groups excluding carboxylic acids is 1. The van der Waals surface area contributed by atoms with E-state index in [9.17, 15) is 4.79 Å². The number of carboxylic acid groups (broad SMARTS) is 1. The van der Waals surface area contributed by atoms with Crippen LogP contribution in [0.15, 0.2) is 10.8 Å². The van der Waals surface area contributed by atoms with Gasteiger partial charge in [-0.25, -0.2) is 0 Å². The van der Waals surface area contributed by atoms with Crippen molar-refractivity contribution in [3.05, 3.63) is 30.1 Å². The molecule has 2 aromatic heterocycles. The van der Waals surface area contributed by atoms with Crippen LogP contribution in [0.4, 0.5) is 0 Å². The molecule has 0 aliphatic rings. The van der Waals surface area contributed by atoms with Gasteiger partial charge in [0, 0.05) is 10.8 Å². The third-order valence-corrected chi connectivity index (χ3v) is 4.36. The van der Waals surface area contributed by atoms with Gasteiger partial charge in [-0.2, -0.15) is 9.46 Å². The number of hydrogen-bond acceptors (Lipinski definition) is 8. The molecule has 7 nitrogen and oxygen atoms in total. The van der Waals surface area contributed by atoms with Crippen molar-refractivity contribution in [2.24, 2.45) is 0 Å². The molecule has 2 N–H and O–H groups in total. The summed E-state index contributed by atoms with van der Waals surface area (Å²) in [5, 5.41) is 19.7. The molecule has 0 aliphatic heterocycles. The highest BCUT2D eigenvalue weighted by atomic mass is 35.5. The number of aryl methyl sites for hydroxylation is 2. The van der Waals surface area contributed by atoms with E-state index in [1.165, 1.54) is 22.7 Å². The Labute approximate surface area is 169 Å². The number of rotatable bonds is 1. The summed E-state index contributed by atoms with van der Waals surface area (Å²) >= 11 is 21.7.